The van der Waals surface area contributed by atoms with Crippen LogP contribution in [0.25, 0.3) is 0 Å². The predicted octanol–water partition coefficient (Wildman–Crippen LogP) is -2.84. The van der Waals surface area contributed by atoms with Crippen molar-refractivity contribution in [1.82, 2.24) is 10.6 Å². The van der Waals surface area contributed by atoms with E-state index in [-0.39, 0.29) is 25.0 Å². The van der Waals surface area contributed by atoms with E-state index in [0.29, 0.717) is 46.2 Å². The third-order valence-corrected chi connectivity index (χ3v) is 2.31. The first-order valence-corrected chi connectivity index (χ1v) is 7.24. The molecule has 0 rings (SSSR count). The van der Waals surface area contributed by atoms with Gasteiger partial charge >= 0.3 is 5.91 Å². The van der Waals surface area contributed by atoms with Crippen LogP contribution in [0.3, 0.4) is 0 Å². The maximum absolute atomic E-state index is 11.2. The molecule has 0 spiro atoms. The lowest BCUT2D eigenvalue weighted by molar-refractivity contribution is -0.309. The van der Waals surface area contributed by atoms with Crippen molar-refractivity contribution in [2.24, 2.45) is 0 Å². The molecule has 9 heteroatoms. The van der Waals surface area contributed by atoms with Gasteiger partial charge in [-0.1, -0.05) is 0 Å². The van der Waals surface area contributed by atoms with E-state index < -0.39 is 0 Å². The van der Waals surface area contributed by atoms with Crippen molar-refractivity contribution in [3.05, 3.63) is 0 Å². The van der Waals surface area contributed by atoms with E-state index in [0.717, 1.165) is 6.54 Å². The van der Waals surface area contributed by atoms with Crippen LogP contribution < -0.4 is 16.4 Å². The molecule has 0 bridgehead atoms. The summed E-state index contributed by atoms with van der Waals surface area (Å²) in [6, 6.07) is 0. The fourth-order valence-electron chi connectivity index (χ4n) is 1.29. The summed E-state index contributed by atoms with van der Waals surface area (Å²) in [5, 5.41) is 5.58. The molecule has 0 aliphatic carbocycles. The third-order valence-electron chi connectivity index (χ3n) is 2.31. The van der Waals surface area contributed by atoms with Gasteiger partial charge in [0.15, 0.2) is 6.61 Å². The molecule has 0 aromatic rings. The van der Waals surface area contributed by atoms with Gasteiger partial charge in [-0.15, -0.1) is 0 Å². The Kier molecular flexibility index (Phi) is 15.5. The number of likely N-dealkylation sites (N-methyl/N-ethyl adjacent to an activating group) is 1. The molecule has 9 nitrogen and oxygen atoms in total. The number of rotatable bonds is 16. The summed E-state index contributed by atoms with van der Waals surface area (Å²) < 4.78 is 20.7. The Labute approximate surface area is 130 Å². The van der Waals surface area contributed by atoms with Crippen molar-refractivity contribution < 1.29 is 34.3 Å². The van der Waals surface area contributed by atoms with Crippen molar-refractivity contribution >= 4 is 11.8 Å². The Bertz CT molecular complexity index is 291. The highest BCUT2D eigenvalue weighted by Crippen LogP contribution is 1.81. The zero-order valence-electron chi connectivity index (χ0n) is 13.2. The Morgan fingerprint density at radius 3 is 1.91 bits per heavy atom. The molecule has 2 amide bonds. The lowest BCUT2D eigenvalue weighted by atomic mass is 10.5. The molecule has 22 heavy (non-hydrogen) atoms. The van der Waals surface area contributed by atoms with Crippen LogP contribution in [0.4, 0.5) is 0 Å². The Morgan fingerprint density at radius 1 is 0.818 bits per heavy atom. The summed E-state index contributed by atoms with van der Waals surface area (Å²) in [5.41, 5.74) is 3.13. The Hall–Kier alpha value is -1.10. The zero-order valence-corrected chi connectivity index (χ0v) is 13.2. The Morgan fingerprint density at radius 2 is 1.36 bits per heavy atom. The molecule has 0 aliphatic heterocycles. The summed E-state index contributed by atoms with van der Waals surface area (Å²) in [4.78, 5) is 21.7. The van der Waals surface area contributed by atoms with E-state index in [1.165, 1.54) is 0 Å². The summed E-state index contributed by atoms with van der Waals surface area (Å²) in [6.07, 6.45) is 0. The number of carbonyl (C=O) groups is 2. The number of quaternary nitrogens is 1. The first-order chi connectivity index (χ1) is 10.7. The quantitative estimate of drug-likeness (QED) is 0.262. The van der Waals surface area contributed by atoms with E-state index in [1.54, 1.807) is 0 Å². The molecular formula is C13H28N3O6+. The fourth-order valence-corrected chi connectivity index (χ4v) is 1.29. The smallest absolute Gasteiger partial charge is 0.334 e. The van der Waals surface area contributed by atoms with Crippen molar-refractivity contribution in [2.75, 3.05) is 73.0 Å². The molecular weight excluding hydrogens is 294 g/mol. The van der Waals surface area contributed by atoms with Gasteiger partial charge in [0.05, 0.1) is 39.6 Å². The van der Waals surface area contributed by atoms with E-state index in [2.05, 4.69) is 16.4 Å². The van der Waals surface area contributed by atoms with Crippen molar-refractivity contribution in [3.8, 4) is 0 Å². The van der Waals surface area contributed by atoms with Crippen LogP contribution in [0.15, 0.2) is 0 Å². The Balaban J connectivity index is 3.13. The molecule has 0 saturated heterocycles. The second kappa shape index (κ2) is 16.3. The van der Waals surface area contributed by atoms with Gasteiger partial charge in [-0.25, -0.2) is 4.79 Å². The molecule has 0 aromatic heterocycles. The average molecular weight is 322 g/mol. The first kappa shape index (κ1) is 20.9. The molecule has 0 atom stereocenters. The molecule has 0 saturated carbocycles. The van der Waals surface area contributed by atoms with Crippen molar-refractivity contribution in [2.45, 2.75) is 0 Å². The van der Waals surface area contributed by atoms with Crippen LogP contribution in [-0.2, 0) is 28.5 Å². The SMILES string of the molecule is CNCCOCCOCCOCCNC(=O)COCC([NH3+])=O. The lowest BCUT2D eigenvalue weighted by Crippen LogP contribution is -2.59. The minimum absolute atomic E-state index is 0.153. The molecule has 0 aliphatic rings. The minimum Gasteiger partial charge on any atom is -0.378 e. The maximum atomic E-state index is 11.2. The normalized spacial score (nSPS) is 10.6. The lowest BCUT2D eigenvalue weighted by Gasteiger charge is -2.07. The molecule has 130 valence electrons. The molecule has 0 radical (unpaired) electrons. The van der Waals surface area contributed by atoms with Crippen LogP contribution in [0.5, 0.6) is 0 Å². The summed E-state index contributed by atoms with van der Waals surface area (Å²) in [5.74, 6) is -0.650. The fraction of sp³-hybridized carbons (Fsp3) is 0.846. The van der Waals surface area contributed by atoms with E-state index in [9.17, 15) is 9.59 Å². The zero-order chi connectivity index (χ0) is 16.5. The number of ether oxygens (including phenoxy) is 4. The molecule has 0 aromatic carbocycles. The number of nitrogens with one attached hydrogen (secondary N) is 2. The predicted molar refractivity (Wildman–Crippen MR) is 78.1 cm³/mol. The first-order valence-electron chi connectivity index (χ1n) is 7.24. The topological polar surface area (TPSA) is 123 Å². The standard InChI is InChI=1S/C13H27N3O6/c1-15-2-4-19-6-8-21-9-7-20-5-3-16-13(18)11-22-10-12(14)17/h15H,2-11H2,1H3,(H2,14,17)(H,16,18)/p+1. The van der Waals surface area contributed by atoms with Crippen molar-refractivity contribution in [3.63, 3.8) is 0 Å². The van der Waals surface area contributed by atoms with Crippen LogP contribution >= 0.6 is 0 Å². The van der Waals surface area contributed by atoms with Gasteiger partial charge in [0.2, 0.25) is 5.91 Å². The van der Waals surface area contributed by atoms with Gasteiger partial charge in [0.25, 0.3) is 0 Å². The summed E-state index contributed by atoms with van der Waals surface area (Å²) >= 11 is 0. The number of hydrogen-bond acceptors (Lipinski definition) is 7. The van der Waals surface area contributed by atoms with Gasteiger partial charge < -0.3 is 29.6 Å². The average Bonchev–Trinajstić information content (AvgIpc) is 2.48. The molecule has 0 fully saturated rings. The molecule has 0 unspecified atom stereocenters. The van der Waals surface area contributed by atoms with Gasteiger partial charge in [0, 0.05) is 13.1 Å². The highest BCUT2D eigenvalue weighted by atomic mass is 16.5. The number of carbonyl (C=O) groups excluding carboxylic acids is 2. The maximum Gasteiger partial charge on any atom is 0.334 e. The largest absolute Gasteiger partial charge is 0.378 e. The monoisotopic (exact) mass is 322 g/mol. The van der Waals surface area contributed by atoms with E-state index >= 15 is 0 Å². The van der Waals surface area contributed by atoms with Gasteiger partial charge in [0.1, 0.15) is 6.61 Å². The van der Waals surface area contributed by atoms with Gasteiger partial charge in [-0.3, -0.25) is 10.5 Å². The van der Waals surface area contributed by atoms with Crippen LogP contribution in [0.1, 0.15) is 0 Å². The summed E-state index contributed by atoms with van der Waals surface area (Å²) in [6.45, 7) is 4.00. The van der Waals surface area contributed by atoms with Crippen LogP contribution in [-0.4, -0.2) is 84.8 Å². The number of amides is 2. The molecule has 5 N–H and O–H groups in total. The number of hydrogen-bond donors (Lipinski definition) is 3. The van der Waals surface area contributed by atoms with Crippen LogP contribution in [0.2, 0.25) is 0 Å². The third kappa shape index (κ3) is 17.0. The second-order valence-electron chi connectivity index (χ2n) is 4.32. The minimum atomic E-state index is -0.358. The van der Waals surface area contributed by atoms with Gasteiger partial charge in [-0.2, -0.15) is 0 Å². The highest BCUT2D eigenvalue weighted by Gasteiger charge is 2.03. The van der Waals surface area contributed by atoms with E-state index in [4.69, 9.17) is 18.9 Å². The highest BCUT2D eigenvalue weighted by molar-refractivity contribution is 5.77. The van der Waals surface area contributed by atoms with Gasteiger partial charge in [-0.05, 0) is 7.05 Å². The van der Waals surface area contributed by atoms with E-state index in [1.807, 2.05) is 7.05 Å². The van der Waals surface area contributed by atoms with Crippen molar-refractivity contribution in [1.29, 1.82) is 0 Å². The summed E-state index contributed by atoms with van der Waals surface area (Å²) in [7, 11) is 1.87. The molecule has 0 heterocycles. The second-order valence-corrected chi connectivity index (χ2v) is 4.32. The van der Waals surface area contributed by atoms with Crippen LogP contribution in [0, 0.1) is 0 Å².